The summed E-state index contributed by atoms with van der Waals surface area (Å²) in [5.74, 6) is 1.25. The number of benzene rings is 1. The van der Waals surface area contributed by atoms with E-state index in [1.54, 1.807) is 0 Å². The van der Waals surface area contributed by atoms with E-state index in [4.69, 9.17) is 5.73 Å². The van der Waals surface area contributed by atoms with Crippen LogP contribution in [0.3, 0.4) is 0 Å². The molecule has 2 atom stereocenters. The summed E-state index contributed by atoms with van der Waals surface area (Å²) >= 11 is 0. The lowest BCUT2D eigenvalue weighted by Crippen LogP contribution is -2.18. The SMILES string of the molecule is CC(CC(N)c1ccc(C(C)C)cc1)CC(C)(C)C. The highest BCUT2D eigenvalue weighted by Gasteiger charge is 2.18. The van der Waals surface area contributed by atoms with Crippen molar-refractivity contribution in [1.29, 1.82) is 0 Å². The zero-order valence-electron chi connectivity index (χ0n) is 13.5. The van der Waals surface area contributed by atoms with Crippen LogP contribution in [0.2, 0.25) is 0 Å². The van der Waals surface area contributed by atoms with Gasteiger partial charge < -0.3 is 5.73 Å². The smallest absolute Gasteiger partial charge is 0.0297 e. The normalized spacial score (nSPS) is 15.6. The molecule has 1 aromatic carbocycles. The highest BCUT2D eigenvalue weighted by Crippen LogP contribution is 2.29. The van der Waals surface area contributed by atoms with Crippen molar-refractivity contribution in [3.63, 3.8) is 0 Å². The van der Waals surface area contributed by atoms with Crippen molar-refractivity contribution in [2.24, 2.45) is 17.1 Å². The van der Waals surface area contributed by atoms with Crippen molar-refractivity contribution in [2.45, 2.75) is 66.3 Å². The average molecular weight is 261 g/mol. The van der Waals surface area contributed by atoms with Gasteiger partial charge in [0, 0.05) is 6.04 Å². The van der Waals surface area contributed by atoms with Crippen molar-refractivity contribution < 1.29 is 0 Å². The number of hydrogen-bond donors (Lipinski definition) is 1. The molecule has 2 N–H and O–H groups in total. The van der Waals surface area contributed by atoms with E-state index in [2.05, 4.69) is 65.8 Å². The van der Waals surface area contributed by atoms with Crippen LogP contribution in [0.15, 0.2) is 24.3 Å². The lowest BCUT2D eigenvalue weighted by Gasteiger charge is -2.25. The summed E-state index contributed by atoms with van der Waals surface area (Å²) in [4.78, 5) is 0. The van der Waals surface area contributed by atoms with Crippen LogP contribution < -0.4 is 5.73 Å². The molecule has 2 unspecified atom stereocenters. The molecule has 1 rings (SSSR count). The Bertz CT molecular complexity index is 370. The lowest BCUT2D eigenvalue weighted by molar-refractivity contribution is 0.286. The maximum atomic E-state index is 6.34. The second kappa shape index (κ2) is 6.56. The van der Waals surface area contributed by atoms with E-state index in [0.717, 1.165) is 6.42 Å². The molecule has 1 aromatic rings. The Morgan fingerprint density at radius 3 is 1.84 bits per heavy atom. The lowest BCUT2D eigenvalue weighted by atomic mass is 9.82. The fourth-order valence-electron chi connectivity index (χ4n) is 2.83. The molecule has 0 aliphatic rings. The Kier molecular flexibility index (Phi) is 5.61. The monoisotopic (exact) mass is 261 g/mol. The van der Waals surface area contributed by atoms with Crippen molar-refractivity contribution >= 4 is 0 Å². The van der Waals surface area contributed by atoms with Crippen LogP contribution >= 0.6 is 0 Å². The molecular weight excluding hydrogens is 230 g/mol. The summed E-state index contributed by atoms with van der Waals surface area (Å²) in [7, 11) is 0. The molecule has 0 heterocycles. The van der Waals surface area contributed by atoms with Gasteiger partial charge in [-0.25, -0.2) is 0 Å². The van der Waals surface area contributed by atoms with Gasteiger partial charge in [0.2, 0.25) is 0 Å². The maximum Gasteiger partial charge on any atom is 0.0297 e. The molecule has 19 heavy (non-hydrogen) atoms. The van der Waals surface area contributed by atoms with Gasteiger partial charge in [-0.1, -0.05) is 65.8 Å². The molecule has 108 valence electrons. The van der Waals surface area contributed by atoms with Gasteiger partial charge in [0.1, 0.15) is 0 Å². The number of rotatable bonds is 5. The van der Waals surface area contributed by atoms with Crippen LogP contribution in [0.4, 0.5) is 0 Å². The molecule has 0 amide bonds. The Hall–Kier alpha value is -0.820. The molecule has 1 nitrogen and oxygen atoms in total. The maximum absolute atomic E-state index is 6.34. The minimum Gasteiger partial charge on any atom is -0.324 e. The first-order chi connectivity index (χ1) is 8.69. The molecule has 0 aliphatic carbocycles. The van der Waals surface area contributed by atoms with E-state index in [1.165, 1.54) is 17.5 Å². The number of hydrogen-bond acceptors (Lipinski definition) is 1. The second-order valence-corrected chi connectivity index (χ2v) is 7.53. The van der Waals surface area contributed by atoms with E-state index < -0.39 is 0 Å². The second-order valence-electron chi connectivity index (χ2n) is 7.53. The Morgan fingerprint density at radius 1 is 0.947 bits per heavy atom. The Labute approximate surface area is 119 Å². The minimum absolute atomic E-state index is 0.165. The molecule has 0 radical (unpaired) electrons. The van der Waals surface area contributed by atoms with Gasteiger partial charge in [0.05, 0.1) is 0 Å². The van der Waals surface area contributed by atoms with Crippen LogP contribution in [-0.2, 0) is 0 Å². The highest BCUT2D eigenvalue weighted by atomic mass is 14.6. The Morgan fingerprint density at radius 2 is 1.42 bits per heavy atom. The largest absolute Gasteiger partial charge is 0.324 e. The fourth-order valence-corrected chi connectivity index (χ4v) is 2.83. The van der Waals surface area contributed by atoms with Crippen LogP contribution in [-0.4, -0.2) is 0 Å². The highest BCUT2D eigenvalue weighted by molar-refractivity contribution is 5.26. The summed E-state index contributed by atoms with van der Waals surface area (Å²) in [6, 6.07) is 8.99. The predicted octanol–water partition coefficient (Wildman–Crippen LogP) is 5.27. The van der Waals surface area contributed by atoms with E-state index in [-0.39, 0.29) is 6.04 Å². The third-order valence-corrected chi connectivity index (χ3v) is 3.65. The van der Waals surface area contributed by atoms with Gasteiger partial charge in [0.15, 0.2) is 0 Å². The quantitative estimate of drug-likeness (QED) is 0.767. The zero-order chi connectivity index (χ0) is 14.6. The standard InChI is InChI=1S/C18H31N/c1-13(2)15-7-9-16(10-8-15)17(19)11-14(3)12-18(4,5)6/h7-10,13-14,17H,11-12,19H2,1-6H3. The molecule has 1 heteroatoms. The van der Waals surface area contributed by atoms with Crippen molar-refractivity contribution in [2.75, 3.05) is 0 Å². The number of nitrogens with two attached hydrogens (primary N) is 1. The predicted molar refractivity (Wildman–Crippen MR) is 85.3 cm³/mol. The van der Waals surface area contributed by atoms with E-state index in [1.807, 2.05) is 0 Å². The summed E-state index contributed by atoms with van der Waals surface area (Å²) in [6.45, 7) is 13.7. The van der Waals surface area contributed by atoms with Gasteiger partial charge >= 0.3 is 0 Å². The first-order valence-corrected chi connectivity index (χ1v) is 7.54. The molecule has 0 saturated carbocycles. The summed E-state index contributed by atoms with van der Waals surface area (Å²) in [5, 5.41) is 0. The van der Waals surface area contributed by atoms with E-state index in [9.17, 15) is 0 Å². The van der Waals surface area contributed by atoms with Gasteiger partial charge in [-0.15, -0.1) is 0 Å². The van der Waals surface area contributed by atoms with Crippen molar-refractivity contribution in [3.05, 3.63) is 35.4 Å². The van der Waals surface area contributed by atoms with Gasteiger partial charge in [-0.2, -0.15) is 0 Å². The summed E-state index contributed by atoms with van der Waals surface area (Å²) in [6.07, 6.45) is 2.29. The molecule has 0 aliphatic heterocycles. The molecule has 0 saturated heterocycles. The topological polar surface area (TPSA) is 26.0 Å². The van der Waals surface area contributed by atoms with E-state index >= 15 is 0 Å². The average Bonchev–Trinajstić information content (AvgIpc) is 2.26. The first-order valence-electron chi connectivity index (χ1n) is 7.54. The summed E-state index contributed by atoms with van der Waals surface area (Å²) in [5.41, 5.74) is 9.39. The zero-order valence-corrected chi connectivity index (χ0v) is 13.5. The van der Waals surface area contributed by atoms with Crippen LogP contribution in [0.5, 0.6) is 0 Å². The van der Waals surface area contributed by atoms with Crippen LogP contribution in [0, 0.1) is 11.3 Å². The molecule has 0 aromatic heterocycles. The Balaban J connectivity index is 2.60. The van der Waals surface area contributed by atoms with Crippen LogP contribution in [0.1, 0.15) is 77.5 Å². The molecule has 0 fully saturated rings. The van der Waals surface area contributed by atoms with E-state index in [0.29, 0.717) is 17.3 Å². The third kappa shape index (κ3) is 5.78. The minimum atomic E-state index is 0.165. The van der Waals surface area contributed by atoms with Gasteiger partial charge in [-0.3, -0.25) is 0 Å². The molecular formula is C18H31N. The molecule has 0 bridgehead atoms. The van der Waals surface area contributed by atoms with Crippen molar-refractivity contribution in [3.8, 4) is 0 Å². The van der Waals surface area contributed by atoms with Gasteiger partial charge in [0.25, 0.3) is 0 Å². The van der Waals surface area contributed by atoms with Crippen molar-refractivity contribution in [1.82, 2.24) is 0 Å². The van der Waals surface area contributed by atoms with Crippen LogP contribution in [0.25, 0.3) is 0 Å². The summed E-state index contributed by atoms with van der Waals surface area (Å²) < 4.78 is 0. The van der Waals surface area contributed by atoms with Gasteiger partial charge in [-0.05, 0) is 41.2 Å². The molecule has 0 spiro atoms. The fraction of sp³-hybridized carbons (Fsp3) is 0.667. The first kappa shape index (κ1) is 16.2. The third-order valence-electron chi connectivity index (χ3n) is 3.65.